The van der Waals surface area contributed by atoms with E-state index in [0.29, 0.717) is 5.92 Å². The summed E-state index contributed by atoms with van der Waals surface area (Å²) in [4.78, 5) is 12.1. The van der Waals surface area contributed by atoms with E-state index >= 15 is 0 Å². The normalized spacial score (nSPS) is 20.8. The molecule has 0 aliphatic carbocycles. The second-order valence-corrected chi connectivity index (χ2v) is 5.65. The van der Waals surface area contributed by atoms with E-state index in [-0.39, 0.29) is 18.1 Å². The molecule has 1 saturated heterocycles. The standard InChI is InChI=1S/C16H25N3O2/c1-11(17-3)13-5-4-6-15(9-13)19-16(20)18-12(2)14-7-8-21-10-14/h4-6,9,11-12,14,17H,7-8,10H2,1-3H3,(H2,18,19,20). The van der Waals surface area contributed by atoms with E-state index in [0.717, 1.165) is 30.9 Å². The highest BCUT2D eigenvalue weighted by Gasteiger charge is 2.23. The van der Waals surface area contributed by atoms with Gasteiger partial charge in [-0.3, -0.25) is 0 Å². The second kappa shape index (κ2) is 7.43. The van der Waals surface area contributed by atoms with Gasteiger partial charge in [0.2, 0.25) is 0 Å². The molecule has 3 atom stereocenters. The molecular formula is C16H25N3O2. The number of carbonyl (C=O) groups excluding carboxylic acids is 1. The molecule has 0 aromatic heterocycles. The first-order valence-electron chi connectivity index (χ1n) is 7.52. The van der Waals surface area contributed by atoms with Gasteiger partial charge in [-0.2, -0.15) is 0 Å². The molecule has 1 aliphatic heterocycles. The van der Waals surface area contributed by atoms with Crippen molar-refractivity contribution in [2.24, 2.45) is 5.92 Å². The Labute approximate surface area is 126 Å². The predicted molar refractivity (Wildman–Crippen MR) is 84.5 cm³/mol. The van der Waals surface area contributed by atoms with Gasteiger partial charge in [0.15, 0.2) is 0 Å². The quantitative estimate of drug-likeness (QED) is 0.781. The van der Waals surface area contributed by atoms with Crippen LogP contribution in [0.4, 0.5) is 10.5 Å². The third-order valence-corrected chi connectivity index (χ3v) is 4.11. The van der Waals surface area contributed by atoms with Gasteiger partial charge in [0, 0.05) is 30.3 Å². The van der Waals surface area contributed by atoms with Gasteiger partial charge in [-0.05, 0) is 45.0 Å². The summed E-state index contributed by atoms with van der Waals surface area (Å²) in [7, 11) is 1.92. The molecule has 21 heavy (non-hydrogen) atoms. The molecule has 0 radical (unpaired) electrons. The summed E-state index contributed by atoms with van der Waals surface area (Å²) < 4.78 is 5.35. The van der Waals surface area contributed by atoms with Gasteiger partial charge in [-0.25, -0.2) is 4.79 Å². The Hall–Kier alpha value is -1.59. The fraction of sp³-hybridized carbons (Fsp3) is 0.562. The SMILES string of the molecule is CNC(C)c1cccc(NC(=O)NC(C)C2CCOC2)c1. The van der Waals surface area contributed by atoms with Crippen LogP contribution in [0.1, 0.15) is 31.9 Å². The summed E-state index contributed by atoms with van der Waals surface area (Å²) in [6.07, 6.45) is 1.01. The summed E-state index contributed by atoms with van der Waals surface area (Å²) in [5.74, 6) is 0.409. The molecule has 3 unspecified atom stereocenters. The molecule has 1 fully saturated rings. The number of amides is 2. The van der Waals surface area contributed by atoms with Crippen LogP contribution in [-0.2, 0) is 4.74 Å². The Morgan fingerprint density at radius 2 is 2.19 bits per heavy atom. The van der Waals surface area contributed by atoms with Crippen LogP contribution in [-0.4, -0.2) is 32.3 Å². The van der Waals surface area contributed by atoms with Gasteiger partial charge < -0.3 is 20.7 Å². The van der Waals surface area contributed by atoms with Gasteiger partial charge in [0.1, 0.15) is 0 Å². The zero-order valence-corrected chi connectivity index (χ0v) is 13.0. The van der Waals surface area contributed by atoms with E-state index in [4.69, 9.17) is 4.74 Å². The number of hydrogen-bond acceptors (Lipinski definition) is 3. The smallest absolute Gasteiger partial charge is 0.319 e. The Balaban J connectivity index is 1.90. The third-order valence-electron chi connectivity index (χ3n) is 4.11. The molecular weight excluding hydrogens is 266 g/mol. The monoisotopic (exact) mass is 291 g/mol. The molecule has 2 amide bonds. The van der Waals surface area contributed by atoms with Crippen molar-refractivity contribution in [1.29, 1.82) is 0 Å². The molecule has 3 N–H and O–H groups in total. The minimum absolute atomic E-state index is 0.118. The topological polar surface area (TPSA) is 62.4 Å². The lowest BCUT2D eigenvalue weighted by molar-refractivity contribution is 0.178. The number of hydrogen-bond donors (Lipinski definition) is 3. The number of anilines is 1. The molecule has 1 aromatic carbocycles. The van der Waals surface area contributed by atoms with E-state index in [1.807, 2.05) is 38.2 Å². The van der Waals surface area contributed by atoms with E-state index in [1.165, 1.54) is 0 Å². The number of nitrogens with one attached hydrogen (secondary N) is 3. The Kier molecular flexibility index (Phi) is 5.59. The molecule has 5 heteroatoms. The molecule has 1 aliphatic rings. The zero-order chi connectivity index (χ0) is 15.2. The molecule has 0 bridgehead atoms. The van der Waals surface area contributed by atoms with Gasteiger partial charge in [0.05, 0.1) is 6.61 Å². The van der Waals surface area contributed by atoms with Crippen molar-refractivity contribution in [3.8, 4) is 0 Å². The van der Waals surface area contributed by atoms with Crippen LogP contribution in [0, 0.1) is 5.92 Å². The molecule has 1 heterocycles. The van der Waals surface area contributed by atoms with Crippen molar-refractivity contribution in [3.05, 3.63) is 29.8 Å². The van der Waals surface area contributed by atoms with E-state index in [9.17, 15) is 4.79 Å². The average Bonchev–Trinajstić information content (AvgIpc) is 3.00. The van der Waals surface area contributed by atoms with Crippen LogP contribution >= 0.6 is 0 Å². The molecule has 0 spiro atoms. The minimum atomic E-state index is -0.163. The molecule has 1 aromatic rings. The maximum atomic E-state index is 12.1. The van der Waals surface area contributed by atoms with Crippen LogP contribution in [0.15, 0.2) is 24.3 Å². The van der Waals surface area contributed by atoms with Crippen LogP contribution in [0.25, 0.3) is 0 Å². The van der Waals surface area contributed by atoms with Crippen LogP contribution in [0.3, 0.4) is 0 Å². The molecule has 0 saturated carbocycles. The predicted octanol–water partition coefficient (Wildman–Crippen LogP) is 2.51. The van der Waals surface area contributed by atoms with E-state index in [1.54, 1.807) is 0 Å². The summed E-state index contributed by atoms with van der Waals surface area (Å²) in [6, 6.07) is 8.09. The van der Waals surface area contributed by atoms with Crippen molar-refractivity contribution >= 4 is 11.7 Å². The van der Waals surface area contributed by atoms with Gasteiger partial charge in [-0.1, -0.05) is 12.1 Å². The van der Waals surface area contributed by atoms with Crippen LogP contribution < -0.4 is 16.0 Å². The highest BCUT2D eigenvalue weighted by Crippen LogP contribution is 2.18. The summed E-state index contributed by atoms with van der Waals surface area (Å²) in [5, 5.41) is 9.07. The first kappa shape index (κ1) is 15.8. The summed E-state index contributed by atoms with van der Waals surface area (Å²) >= 11 is 0. The van der Waals surface area contributed by atoms with Crippen molar-refractivity contribution in [2.45, 2.75) is 32.4 Å². The number of ether oxygens (including phenoxy) is 1. The van der Waals surface area contributed by atoms with Gasteiger partial charge in [0.25, 0.3) is 0 Å². The zero-order valence-electron chi connectivity index (χ0n) is 13.0. The summed E-state index contributed by atoms with van der Waals surface area (Å²) in [6.45, 7) is 5.64. The van der Waals surface area contributed by atoms with Crippen molar-refractivity contribution in [3.63, 3.8) is 0 Å². The Morgan fingerprint density at radius 3 is 2.86 bits per heavy atom. The molecule has 2 rings (SSSR count). The summed E-state index contributed by atoms with van der Waals surface area (Å²) in [5.41, 5.74) is 1.95. The highest BCUT2D eigenvalue weighted by molar-refractivity contribution is 5.89. The first-order chi connectivity index (χ1) is 10.1. The molecule has 116 valence electrons. The third kappa shape index (κ3) is 4.44. The second-order valence-electron chi connectivity index (χ2n) is 5.65. The largest absolute Gasteiger partial charge is 0.381 e. The fourth-order valence-corrected chi connectivity index (χ4v) is 2.49. The lowest BCUT2D eigenvalue weighted by atomic mass is 10.0. The number of benzene rings is 1. The average molecular weight is 291 g/mol. The van der Waals surface area contributed by atoms with Crippen molar-refractivity contribution in [1.82, 2.24) is 10.6 Å². The maximum Gasteiger partial charge on any atom is 0.319 e. The van der Waals surface area contributed by atoms with E-state index < -0.39 is 0 Å². The Bertz CT molecular complexity index is 472. The van der Waals surface area contributed by atoms with Gasteiger partial charge >= 0.3 is 6.03 Å². The first-order valence-corrected chi connectivity index (χ1v) is 7.52. The van der Waals surface area contributed by atoms with Crippen molar-refractivity contribution in [2.75, 3.05) is 25.6 Å². The van der Waals surface area contributed by atoms with Gasteiger partial charge in [-0.15, -0.1) is 0 Å². The fourth-order valence-electron chi connectivity index (χ4n) is 2.49. The van der Waals surface area contributed by atoms with Crippen LogP contribution in [0.5, 0.6) is 0 Å². The number of rotatable bonds is 5. The minimum Gasteiger partial charge on any atom is -0.381 e. The Morgan fingerprint density at radius 1 is 1.38 bits per heavy atom. The highest BCUT2D eigenvalue weighted by atomic mass is 16.5. The lowest BCUT2D eigenvalue weighted by Gasteiger charge is -2.20. The number of urea groups is 1. The maximum absolute atomic E-state index is 12.1. The molecule has 5 nitrogen and oxygen atoms in total. The van der Waals surface area contributed by atoms with E-state index in [2.05, 4.69) is 22.9 Å². The lowest BCUT2D eigenvalue weighted by Crippen LogP contribution is -2.40. The van der Waals surface area contributed by atoms with Crippen molar-refractivity contribution < 1.29 is 9.53 Å². The number of carbonyl (C=O) groups is 1. The van der Waals surface area contributed by atoms with Crippen LogP contribution in [0.2, 0.25) is 0 Å².